The Morgan fingerprint density at radius 3 is 2.66 bits per heavy atom. The molecule has 3 rings (SSSR count). The number of benzene rings is 2. The van der Waals surface area contributed by atoms with E-state index in [4.69, 9.17) is 15.3 Å². The van der Waals surface area contributed by atoms with E-state index in [1.54, 1.807) is 19.1 Å². The molecule has 9 heteroatoms. The number of amides is 1. The van der Waals surface area contributed by atoms with Crippen molar-refractivity contribution >= 4 is 17.7 Å². The molecule has 1 aromatic heterocycles. The van der Waals surface area contributed by atoms with Crippen LogP contribution in [0, 0.1) is 0 Å². The van der Waals surface area contributed by atoms with Crippen molar-refractivity contribution in [3.05, 3.63) is 66.0 Å². The molecule has 0 bridgehead atoms. The lowest BCUT2D eigenvalue weighted by Crippen LogP contribution is -2.28. The second-order valence-corrected chi connectivity index (χ2v) is 7.26. The van der Waals surface area contributed by atoms with Crippen LogP contribution < -0.4 is 15.3 Å². The van der Waals surface area contributed by atoms with Crippen LogP contribution in [-0.4, -0.2) is 45.6 Å². The molecule has 29 heavy (non-hydrogen) atoms. The van der Waals surface area contributed by atoms with Gasteiger partial charge in [0.2, 0.25) is 11.1 Å². The molecule has 2 N–H and O–H groups in total. The van der Waals surface area contributed by atoms with Crippen molar-refractivity contribution in [1.29, 1.82) is 0 Å². The minimum atomic E-state index is -0.0404. The zero-order valence-electron chi connectivity index (χ0n) is 16.3. The number of carbonyl (C=O) groups is 1. The molecule has 2 aromatic carbocycles. The van der Waals surface area contributed by atoms with Crippen molar-refractivity contribution in [2.75, 3.05) is 25.8 Å². The van der Waals surface area contributed by atoms with Gasteiger partial charge in [-0.2, -0.15) is 0 Å². The average Bonchev–Trinajstić information content (AvgIpc) is 3.16. The Hall–Kier alpha value is -3.20. The second kappa shape index (κ2) is 9.83. The van der Waals surface area contributed by atoms with Crippen LogP contribution in [0.3, 0.4) is 0 Å². The highest BCUT2D eigenvalue weighted by atomic mass is 32.2. The lowest BCUT2D eigenvalue weighted by atomic mass is 10.2. The monoisotopic (exact) mass is 413 g/mol. The summed E-state index contributed by atoms with van der Waals surface area (Å²) in [5.74, 6) is 7.13. The van der Waals surface area contributed by atoms with Crippen molar-refractivity contribution in [1.82, 2.24) is 19.8 Å². The zero-order valence-corrected chi connectivity index (χ0v) is 17.1. The molecule has 0 aliphatic rings. The van der Waals surface area contributed by atoms with Crippen LogP contribution in [0.5, 0.6) is 11.5 Å². The van der Waals surface area contributed by atoms with Gasteiger partial charge >= 0.3 is 0 Å². The molecule has 1 amide bonds. The highest BCUT2D eigenvalue weighted by molar-refractivity contribution is 7.99. The first kappa shape index (κ1) is 20.5. The molecule has 0 saturated carbocycles. The Morgan fingerprint density at radius 2 is 1.97 bits per heavy atom. The van der Waals surface area contributed by atoms with Gasteiger partial charge < -0.3 is 20.2 Å². The number of hydrogen-bond donors (Lipinski definition) is 1. The van der Waals surface area contributed by atoms with E-state index in [0.717, 1.165) is 11.1 Å². The Morgan fingerprint density at radius 1 is 1.17 bits per heavy atom. The van der Waals surface area contributed by atoms with Crippen LogP contribution >= 0.6 is 11.8 Å². The summed E-state index contributed by atoms with van der Waals surface area (Å²) in [6.07, 6.45) is 1.39. The highest BCUT2D eigenvalue weighted by Crippen LogP contribution is 2.29. The normalized spacial score (nSPS) is 10.6. The Kier molecular flexibility index (Phi) is 6.96. The zero-order chi connectivity index (χ0) is 20.6. The predicted octanol–water partition coefficient (Wildman–Crippen LogP) is 2.33. The van der Waals surface area contributed by atoms with E-state index in [0.29, 0.717) is 29.8 Å². The third-order valence-corrected chi connectivity index (χ3v) is 5.12. The third kappa shape index (κ3) is 5.64. The highest BCUT2D eigenvalue weighted by Gasteiger charge is 2.14. The van der Waals surface area contributed by atoms with Crippen LogP contribution in [0.25, 0.3) is 0 Å². The maximum Gasteiger partial charge on any atom is 0.233 e. The van der Waals surface area contributed by atoms with Crippen molar-refractivity contribution in [3.63, 3.8) is 0 Å². The summed E-state index contributed by atoms with van der Waals surface area (Å²) in [5.41, 5.74) is 2.02. The summed E-state index contributed by atoms with van der Waals surface area (Å²) in [7, 11) is 3.35. The van der Waals surface area contributed by atoms with Gasteiger partial charge in [0.15, 0.2) is 11.5 Å². The average molecular weight is 414 g/mol. The van der Waals surface area contributed by atoms with Gasteiger partial charge in [-0.3, -0.25) is 4.79 Å². The molecule has 1 heterocycles. The number of thioether (sulfide) groups is 1. The fraction of sp³-hybridized carbons (Fsp3) is 0.250. The largest absolute Gasteiger partial charge is 0.493 e. The molecule has 8 nitrogen and oxygen atoms in total. The van der Waals surface area contributed by atoms with E-state index < -0.39 is 0 Å². The van der Waals surface area contributed by atoms with Gasteiger partial charge in [-0.15, -0.1) is 10.2 Å². The number of ether oxygens (including phenoxy) is 2. The van der Waals surface area contributed by atoms with E-state index >= 15 is 0 Å². The molecule has 0 spiro atoms. The van der Waals surface area contributed by atoms with E-state index in [1.165, 1.54) is 22.8 Å². The number of aromatic nitrogens is 3. The second-order valence-electron chi connectivity index (χ2n) is 6.32. The van der Waals surface area contributed by atoms with Gasteiger partial charge in [-0.1, -0.05) is 48.2 Å². The topological polar surface area (TPSA) is 95.5 Å². The first-order valence-corrected chi connectivity index (χ1v) is 9.91. The first-order valence-electron chi connectivity index (χ1n) is 8.92. The van der Waals surface area contributed by atoms with Crippen molar-refractivity contribution < 1.29 is 14.3 Å². The fourth-order valence-corrected chi connectivity index (χ4v) is 3.37. The molecule has 0 aliphatic carbocycles. The van der Waals surface area contributed by atoms with Gasteiger partial charge in [0.25, 0.3) is 0 Å². The van der Waals surface area contributed by atoms with Gasteiger partial charge in [-0.25, -0.2) is 4.68 Å². The van der Waals surface area contributed by atoms with E-state index in [1.807, 2.05) is 48.5 Å². The van der Waals surface area contributed by atoms with E-state index in [2.05, 4.69) is 10.2 Å². The van der Waals surface area contributed by atoms with Crippen LogP contribution in [0.4, 0.5) is 0 Å². The maximum absolute atomic E-state index is 12.4. The summed E-state index contributed by atoms with van der Waals surface area (Å²) in [6.45, 7) is 0.905. The smallest absolute Gasteiger partial charge is 0.233 e. The third-order valence-electron chi connectivity index (χ3n) is 4.18. The lowest BCUT2D eigenvalue weighted by molar-refractivity contribution is -0.127. The summed E-state index contributed by atoms with van der Waals surface area (Å²) in [6, 6.07) is 15.6. The lowest BCUT2D eigenvalue weighted by Gasteiger charge is -2.18. The molecule has 0 aliphatic heterocycles. The van der Waals surface area contributed by atoms with Gasteiger partial charge in [0.1, 0.15) is 12.9 Å². The Labute approximate surface area is 173 Å². The van der Waals surface area contributed by atoms with E-state index in [9.17, 15) is 4.79 Å². The van der Waals surface area contributed by atoms with E-state index in [-0.39, 0.29) is 11.7 Å². The van der Waals surface area contributed by atoms with Gasteiger partial charge in [-0.05, 0) is 23.3 Å². The molecule has 0 saturated heterocycles. The molecule has 0 atom stereocenters. The number of nitrogens with zero attached hydrogens (tertiary/aromatic N) is 4. The standard InChI is InChI=1S/C20H23N5O3S/c1-24(19(26)13-29-20-23-22-14-25(20)21)11-16-8-9-17(18(10-16)27-2)28-12-15-6-4-3-5-7-15/h3-10,14H,11-13,21H2,1-2H3. The minimum Gasteiger partial charge on any atom is -0.493 e. The molecule has 0 radical (unpaired) electrons. The van der Waals surface area contributed by atoms with Gasteiger partial charge in [0, 0.05) is 13.6 Å². The SMILES string of the molecule is COc1cc(CN(C)C(=O)CSc2nncn2N)ccc1OCc1ccccc1. The maximum atomic E-state index is 12.4. The van der Waals surface area contributed by atoms with Crippen molar-refractivity contribution in [2.45, 2.75) is 18.3 Å². The van der Waals surface area contributed by atoms with Crippen molar-refractivity contribution in [2.24, 2.45) is 0 Å². The summed E-state index contributed by atoms with van der Waals surface area (Å²) in [4.78, 5) is 14.0. The van der Waals surface area contributed by atoms with Gasteiger partial charge in [0.05, 0.1) is 12.9 Å². The number of carbonyl (C=O) groups excluding carboxylic acids is 1. The summed E-state index contributed by atoms with van der Waals surface area (Å²) in [5, 5.41) is 8.04. The summed E-state index contributed by atoms with van der Waals surface area (Å²) < 4.78 is 12.6. The van der Waals surface area contributed by atoms with Crippen LogP contribution in [0.1, 0.15) is 11.1 Å². The molecular formula is C20H23N5O3S. The number of methoxy groups -OCH3 is 1. The Bertz CT molecular complexity index is 948. The fourth-order valence-electron chi connectivity index (χ4n) is 2.60. The first-order chi connectivity index (χ1) is 14.1. The molecule has 3 aromatic rings. The van der Waals surface area contributed by atoms with Crippen molar-refractivity contribution in [3.8, 4) is 11.5 Å². The number of nitrogens with two attached hydrogens (primary N) is 1. The Balaban J connectivity index is 1.57. The molecule has 0 fully saturated rings. The quantitative estimate of drug-likeness (QED) is 0.425. The molecular weight excluding hydrogens is 390 g/mol. The molecule has 152 valence electrons. The van der Waals surface area contributed by atoms with Crippen LogP contribution in [0.15, 0.2) is 60.0 Å². The summed E-state index contributed by atoms with van der Waals surface area (Å²) >= 11 is 1.24. The number of nitrogen functional groups attached to an aromatic ring is 1. The van der Waals surface area contributed by atoms with Crippen LogP contribution in [-0.2, 0) is 17.9 Å². The number of rotatable bonds is 9. The predicted molar refractivity (Wildman–Crippen MR) is 111 cm³/mol. The molecule has 0 unspecified atom stereocenters. The van der Waals surface area contributed by atoms with Crippen LogP contribution in [0.2, 0.25) is 0 Å². The minimum absolute atomic E-state index is 0.0404. The number of hydrogen-bond acceptors (Lipinski definition) is 7.